The fourth-order valence-corrected chi connectivity index (χ4v) is 2.53. The van der Waals surface area contributed by atoms with E-state index in [1.807, 2.05) is 6.92 Å². The predicted molar refractivity (Wildman–Crippen MR) is 64.1 cm³/mol. The van der Waals surface area contributed by atoms with Gasteiger partial charge in [0.15, 0.2) is 11.5 Å². The molecule has 1 aliphatic heterocycles. The van der Waals surface area contributed by atoms with Crippen LogP contribution < -0.4 is 14.8 Å². The molecule has 1 heterocycles. The minimum absolute atomic E-state index is 0.250. The number of hydrogen-bond acceptors (Lipinski definition) is 3. The minimum atomic E-state index is -0.371. The van der Waals surface area contributed by atoms with E-state index in [0.717, 1.165) is 19.4 Å². The van der Waals surface area contributed by atoms with Gasteiger partial charge in [-0.25, -0.2) is 4.39 Å². The zero-order chi connectivity index (χ0) is 12.5. The number of ether oxygens (including phenoxy) is 2. The quantitative estimate of drug-likeness (QED) is 0.878. The van der Waals surface area contributed by atoms with Crippen molar-refractivity contribution < 1.29 is 13.9 Å². The maximum absolute atomic E-state index is 14.1. The molecule has 0 saturated carbocycles. The maximum Gasteiger partial charge on any atom is 0.168 e. The van der Waals surface area contributed by atoms with E-state index in [1.54, 1.807) is 20.3 Å². The van der Waals surface area contributed by atoms with Crippen LogP contribution in [0, 0.1) is 5.82 Å². The molecule has 94 valence electrons. The summed E-state index contributed by atoms with van der Waals surface area (Å²) in [5.74, 6) is 0.808. The van der Waals surface area contributed by atoms with Gasteiger partial charge in [-0.05, 0) is 38.4 Å². The third kappa shape index (κ3) is 1.97. The lowest BCUT2D eigenvalue weighted by Gasteiger charge is -2.28. The molecule has 0 spiro atoms. The van der Waals surface area contributed by atoms with Gasteiger partial charge in [0.05, 0.1) is 19.8 Å². The van der Waals surface area contributed by atoms with Crippen LogP contribution in [0.5, 0.6) is 11.5 Å². The smallest absolute Gasteiger partial charge is 0.168 e. The van der Waals surface area contributed by atoms with E-state index in [2.05, 4.69) is 5.32 Å². The average Bonchev–Trinajstić information content (AvgIpc) is 2.76. The van der Waals surface area contributed by atoms with Crippen LogP contribution in [0.2, 0.25) is 0 Å². The maximum atomic E-state index is 14.1. The second-order valence-electron chi connectivity index (χ2n) is 4.52. The molecule has 1 saturated heterocycles. The van der Waals surface area contributed by atoms with Crippen molar-refractivity contribution in [1.82, 2.24) is 5.32 Å². The summed E-state index contributed by atoms with van der Waals surface area (Å²) in [6.45, 7) is 2.90. The number of methoxy groups -OCH3 is 2. The molecule has 0 bridgehead atoms. The van der Waals surface area contributed by atoms with Gasteiger partial charge in [0, 0.05) is 5.54 Å². The van der Waals surface area contributed by atoms with E-state index < -0.39 is 0 Å². The molecule has 1 N–H and O–H groups in total. The van der Waals surface area contributed by atoms with Gasteiger partial charge in [-0.15, -0.1) is 0 Å². The first-order valence-corrected chi connectivity index (χ1v) is 5.78. The highest BCUT2D eigenvalue weighted by Crippen LogP contribution is 2.42. The van der Waals surface area contributed by atoms with Crippen LogP contribution in [0.4, 0.5) is 4.39 Å². The number of hydrogen-bond donors (Lipinski definition) is 1. The van der Waals surface area contributed by atoms with E-state index >= 15 is 0 Å². The van der Waals surface area contributed by atoms with E-state index in [9.17, 15) is 4.39 Å². The molecule has 0 aromatic heterocycles. The fourth-order valence-electron chi connectivity index (χ4n) is 2.53. The average molecular weight is 239 g/mol. The summed E-state index contributed by atoms with van der Waals surface area (Å²) in [6, 6.07) is 3.03. The summed E-state index contributed by atoms with van der Waals surface area (Å²) < 4.78 is 24.6. The molecule has 1 atom stereocenters. The minimum Gasteiger partial charge on any atom is -0.493 e. The monoisotopic (exact) mass is 239 g/mol. The van der Waals surface area contributed by atoms with Crippen LogP contribution >= 0.6 is 0 Å². The molecule has 0 aliphatic carbocycles. The molecule has 1 fully saturated rings. The van der Waals surface area contributed by atoms with Gasteiger partial charge >= 0.3 is 0 Å². The Bertz CT molecular complexity index is 414. The van der Waals surface area contributed by atoms with Gasteiger partial charge in [-0.3, -0.25) is 0 Å². The molecule has 17 heavy (non-hydrogen) atoms. The van der Waals surface area contributed by atoms with Crippen LogP contribution in [-0.4, -0.2) is 20.8 Å². The molecular weight excluding hydrogens is 221 g/mol. The van der Waals surface area contributed by atoms with Gasteiger partial charge in [0.2, 0.25) is 0 Å². The third-order valence-corrected chi connectivity index (χ3v) is 3.42. The summed E-state index contributed by atoms with van der Waals surface area (Å²) in [7, 11) is 3.10. The van der Waals surface area contributed by atoms with Gasteiger partial charge in [0.25, 0.3) is 0 Å². The third-order valence-electron chi connectivity index (χ3n) is 3.42. The summed E-state index contributed by atoms with van der Waals surface area (Å²) in [6.07, 6.45) is 1.93. The molecule has 1 aromatic rings. The predicted octanol–water partition coefficient (Wildman–Crippen LogP) is 2.44. The van der Waals surface area contributed by atoms with Crippen LogP contribution in [0.25, 0.3) is 0 Å². The van der Waals surface area contributed by atoms with Crippen molar-refractivity contribution in [2.24, 2.45) is 0 Å². The number of halogens is 1. The molecule has 0 amide bonds. The Morgan fingerprint density at radius 3 is 2.59 bits per heavy atom. The highest BCUT2D eigenvalue weighted by Gasteiger charge is 2.36. The van der Waals surface area contributed by atoms with E-state index in [4.69, 9.17) is 9.47 Å². The zero-order valence-corrected chi connectivity index (χ0v) is 10.5. The van der Waals surface area contributed by atoms with Gasteiger partial charge in [-0.1, -0.05) is 0 Å². The summed E-state index contributed by atoms with van der Waals surface area (Å²) >= 11 is 0. The molecule has 1 unspecified atom stereocenters. The topological polar surface area (TPSA) is 30.5 Å². The zero-order valence-electron chi connectivity index (χ0n) is 10.5. The Morgan fingerprint density at radius 1 is 1.29 bits per heavy atom. The van der Waals surface area contributed by atoms with Crippen molar-refractivity contribution in [3.63, 3.8) is 0 Å². The van der Waals surface area contributed by atoms with Crippen LogP contribution in [0.3, 0.4) is 0 Å². The van der Waals surface area contributed by atoms with Crippen molar-refractivity contribution in [2.75, 3.05) is 20.8 Å². The first-order valence-electron chi connectivity index (χ1n) is 5.78. The van der Waals surface area contributed by atoms with Crippen LogP contribution in [-0.2, 0) is 5.54 Å². The summed E-state index contributed by atoms with van der Waals surface area (Å²) in [4.78, 5) is 0. The van der Waals surface area contributed by atoms with Crippen molar-refractivity contribution >= 4 is 0 Å². The van der Waals surface area contributed by atoms with Crippen LogP contribution in [0.1, 0.15) is 25.3 Å². The standard InChI is InChI=1S/C13H18FNO2/c1-13(7-4-8-15-13)11-9(14)5-6-10(16-2)12(11)17-3/h5-6,15H,4,7-8H2,1-3H3. The molecular formula is C13H18FNO2. The second kappa shape index (κ2) is 4.53. The highest BCUT2D eigenvalue weighted by atomic mass is 19.1. The molecule has 1 aliphatic rings. The van der Waals surface area contributed by atoms with Crippen molar-refractivity contribution in [3.8, 4) is 11.5 Å². The Balaban J connectivity index is 2.57. The Labute approximate surface area is 101 Å². The molecule has 0 radical (unpaired) electrons. The van der Waals surface area contributed by atoms with Crippen LogP contribution in [0.15, 0.2) is 12.1 Å². The fraction of sp³-hybridized carbons (Fsp3) is 0.538. The molecule has 2 rings (SSSR count). The first-order chi connectivity index (χ1) is 8.12. The van der Waals surface area contributed by atoms with Crippen molar-refractivity contribution in [2.45, 2.75) is 25.3 Å². The van der Waals surface area contributed by atoms with E-state index in [0.29, 0.717) is 17.1 Å². The lowest BCUT2D eigenvalue weighted by Crippen LogP contribution is -2.34. The number of rotatable bonds is 3. The second-order valence-corrected chi connectivity index (χ2v) is 4.52. The van der Waals surface area contributed by atoms with E-state index in [1.165, 1.54) is 6.07 Å². The van der Waals surface area contributed by atoms with Crippen molar-refractivity contribution in [1.29, 1.82) is 0 Å². The molecule has 3 nitrogen and oxygen atoms in total. The van der Waals surface area contributed by atoms with Gasteiger partial charge < -0.3 is 14.8 Å². The number of benzene rings is 1. The SMILES string of the molecule is COc1ccc(F)c(C2(C)CCCN2)c1OC. The Kier molecular flexibility index (Phi) is 3.24. The first kappa shape index (κ1) is 12.2. The lowest BCUT2D eigenvalue weighted by molar-refractivity contribution is 0.324. The Morgan fingerprint density at radius 2 is 2.06 bits per heavy atom. The van der Waals surface area contributed by atoms with E-state index in [-0.39, 0.29) is 11.4 Å². The summed E-state index contributed by atoms with van der Waals surface area (Å²) in [5.41, 5.74) is 0.195. The lowest BCUT2D eigenvalue weighted by atomic mass is 9.89. The van der Waals surface area contributed by atoms with Gasteiger partial charge in [-0.2, -0.15) is 0 Å². The molecule has 1 aromatic carbocycles. The van der Waals surface area contributed by atoms with Gasteiger partial charge in [0.1, 0.15) is 5.82 Å². The normalized spacial score (nSPS) is 23.8. The highest BCUT2D eigenvalue weighted by molar-refractivity contribution is 5.50. The summed E-state index contributed by atoms with van der Waals surface area (Å²) in [5, 5.41) is 3.34. The Hall–Kier alpha value is -1.29. The van der Waals surface area contributed by atoms with Crippen molar-refractivity contribution in [3.05, 3.63) is 23.5 Å². The number of nitrogens with one attached hydrogen (secondary N) is 1. The molecule has 4 heteroatoms. The largest absolute Gasteiger partial charge is 0.493 e.